The number of fused-ring (bicyclic) bond motifs is 2. The average molecular weight is 524 g/mol. The minimum Gasteiger partial charge on any atom is -0.507 e. The van der Waals surface area contributed by atoms with Crippen molar-refractivity contribution in [3.8, 4) is 11.5 Å². The number of ketones is 1. The van der Waals surface area contributed by atoms with E-state index in [1.807, 2.05) is 0 Å². The molecule has 4 rings (SSSR count). The van der Waals surface area contributed by atoms with E-state index in [4.69, 9.17) is 14.2 Å². The largest absolute Gasteiger partial charge is 0.507 e. The van der Waals surface area contributed by atoms with Gasteiger partial charge in [-0.15, -0.1) is 0 Å². The van der Waals surface area contributed by atoms with Crippen molar-refractivity contribution in [2.75, 3.05) is 14.2 Å². The van der Waals surface area contributed by atoms with Gasteiger partial charge in [-0.25, -0.2) is 9.59 Å². The van der Waals surface area contributed by atoms with E-state index in [1.54, 1.807) is 0 Å². The van der Waals surface area contributed by atoms with Gasteiger partial charge in [0.05, 0.1) is 7.11 Å². The lowest BCUT2D eigenvalue weighted by Crippen LogP contribution is -2.59. The number of Topliss-reactive ketones (excluding diaryl/α,β-unsaturated/α-hetero) is 1. The van der Waals surface area contributed by atoms with E-state index in [0.29, 0.717) is 7.11 Å². The molecule has 9 nitrogen and oxygen atoms in total. The lowest BCUT2D eigenvalue weighted by Gasteiger charge is -2.37. The van der Waals surface area contributed by atoms with Crippen LogP contribution in [0.2, 0.25) is 0 Å². The van der Waals surface area contributed by atoms with Gasteiger partial charge in [-0.1, -0.05) is 43.3 Å². The van der Waals surface area contributed by atoms with E-state index in [9.17, 15) is 37.8 Å². The zero-order valence-corrected chi connectivity index (χ0v) is 19.8. The third-order valence-corrected chi connectivity index (χ3v) is 6.95. The topological polar surface area (TPSA) is 129 Å². The van der Waals surface area contributed by atoms with Gasteiger partial charge in [0, 0.05) is 18.6 Å². The first-order chi connectivity index (χ1) is 17.4. The molecule has 0 bridgehead atoms. The van der Waals surface area contributed by atoms with Crippen molar-refractivity contribution in [3.63, 3.8) is 0 Å². The van der Waals surface area contributed by atoms with Crippen LogP contribution in [0.25, 0.3) is 0 Å². The second kappa shape index (κ2) is 9.03. The molecule has 0 saturated heterocycles. The number of esters is 2. The number of ether oxygens (including phenoxy) is 4. The number of phenolic OH excluding ortho intramolecular Hbond substituents is 1. The number of hydrogen-bond acceptors (Lipinski definition) is 9. The van der Waals surface area contributed by atoms with E-state index in [1.165, 1.54) is 43.3 Å². The standard InChI is InChI=1S/C25H23F3O9/c1-12-19-17(18(30)16-14(29)10-7-11-15(16)36-19)23(33,21(31)34-2)20(12)37-22(32)24(35-3,25(26,27)28)13-8-5-4-6-9-13/h4-12,17,19-20,29,33H,1-3H3/t12-,17-,19-,20-,23-,24-/m1/s1. The van der Waals surface area contributed by atoms with Gasteiger partial charge >= 0.3 is 18.1 Å². The number of alkyl halides is 3. The molecule has 2 aliphatic rings. The summed E-state index contributed by atoms with van der Waals surface area (Å²) in [5, 5.41) is 21.8. The molecule has 2 aromatic rings. The highest BCUT2D eigenvalue weighted by atomic mass is 19.4. The Morgan fingerprint density at radius 1 is 1.05 bits per heavy atom. The summed E-state index contributed by atoms with van der Waals surface area (Å²) in [6.45, 7) is 1.34. The van der Waals surface area contributed by atoms with Crippen LogP contribution in [0.3, 0.4) is 0 Å². The molecule has 0 amide bonds. The zero-order chi connectivity index (χ0) is 27.3. The number of aliphatic hydroxyl groups is 1. The summed E-state index contributed by atoms with van der Waals surface area (Å²) < 4.78 is 63.6. The molecule has 1 aliphatic carbocycles. The Morgan fingerprint density at radius 3 is 2.27 bits per heavy atom. The van der Waals surface area contributed by atoms with Crippen LogP contribution < -0.4 is 4.74 Å². The molecule has 0 unspecified atom stereocenters. The van der Waals surface area contributed by atoms with Crippen molar-refractivity contribution < 1.29 is 56.7 Å². The molecule has 37 heavy (non-hydrogen) atoms. The number of carbonyl (C=O) groups excluding carboxylic acids is 3. The zero-order valence-electron chi connectivity index (χ0n) is 19.8. The van der Waals surface area contributed by atoms with Crippen molar-refractivity contribution in [2.24, 2.45) is 11.8 Å². The first-order valence-corrected chi connectivity index (χ1v) is 11.1. The van der Waals surface area contributed by atoms with E-state index < -0.39 is 70.5 Å². The van der Waals surface area contributed by atoms with Crippen molar-refractivity contribution in [2.45, 2.75) is 36.5 Å². The minimum absolute atomic E-state index is 0.0666. The quantitative estimate of drug-likeness (QED) is 0.567. The van der Waals surface area contributed by atoms with Crippen LogP contribution in [0.5, 0.6) is 11.5 Å². The van der Waals surface area contributed by atoms with Gasteiger partial charge in [-0.3, -0.25) is 4.79 Å². The molecule has 1 fully saturated rings. The van der Waals surface area contributed by atoms with E-state index in [0.717, 1.165) is 19.2 Å². The summed E-state index contributed by atoms with van der Waals surface area (Å²) in [5.74, 6) is -7.86. The van der Waals surface area contributed by atoms with Crippen LogP contribution in [0, 0.1) is 11.8 Å². The van der Waals surface area contributed by atoms with Crippen LogP contribution in [0.15, 0.2) is 48.5 Å². The molecular weight excluding hydrogens is 501 g/mol. The van der Waals surface area contributed by atoms with E-state index in [2.05, 4.69) is 4.74 Å². The minimum atomic E-state index is -5.33. The Bertz CT molecular complexity index is 1230. The maximum absolute atomic E-state index is 14.4. The molecule has 12 heteroatoms. The van der Waals surface area contributed by atoms with Crippen LogP contribution in [-0.2, 0) is 29.4 Å². The van der Waals surface area contributed by atoms with Crippen molar-refractivity contribution in [1.82, 2.24) is 0 Å². The smallest absolute Gasteiger partial charge is 0.432 e. The van der Waals surface area contributed by atoms with Crippen LogP contribution in [-0.4, -0.2) is 66.1 Å². The predicted octanol–water partition coefficient (Wildman–Crippen LogP) is 2.52. The first-order valence-electron chi connectivity index (χ1n) is 11.1. The van der Waals surface area contributed by atoms with Gasteiger partial charge in [0.1, 0.15) is 35.2 Å². The Hall–Kier alpha value is -3.64. The lowest BCUT2D eigenvalue weighted by molar-refractivity contribution is -0.281. The third-order valence-electron chi connectivity index (χ3n) is 6.95. The Morgan fingerprint density at radius 2 is 1.70 bits per heavy atom. The van der Waals surface area contributed by atoms with Gasteiger partial charge in [-0.05, 0) is 12.1 Å². The fourth-order valence-electron chi connectivity index (χ4n) is 5.19. The van der Waals surface area contributed by atoms with E-state index in [-0.39, 0.29) is 11.3 Å². The highest BCUT2D eigenvalue weighted by Crippen LogP contribution is 2.52. The van der Waals surface area contributed by atoms with Gasteiger partial charge in [0.2, 0.25) is 5.60 Å². The van der Waals surface area contributed by atoms with E-state index >= 15 is 0 Å². The fraction of sp³-hybridized carbons (Fsp3) is 0.400. The number of rotatable bonds is 5. The molecule has 1 aliphatic heterocycles. The summed E-state index contributed by atoms with van der Waals surface area (Å²) in [4.78, 5) is 39.6. The lowest BCUT2D eigenvalue weighted by atomic mass is 9.80. The molecule has 1 heterocycles. The summed E-state index contributed by atoms with van der Waals surface area (Å²) in [5.41, 5.74) is -7.52. The molecule has 0 radical (unpaired) electrons. The number of hydrogen-bond donors (Lipinski definition) is 2. The first kappa shape index (κ1) is 26.4. The summed E-state index contributed by atoms with van der Waals surface area (Å²) in [7, 11) is 1.55. The number of methoxy groups -OCH3 is 2. The average Bonchev–Trinajstić information content (AvgIpc) is 3.06. The second-order valence-electron chi connectivity index (χ2n) is 8.83. The molecule has 6 atom stereocenters. The summed E-state index contributed by atoms with van der Waals surface area (Å²) >= 11 is 0. The third kappa shape index (κ3) is 3.65. The predicted molar refractivity (Wildman–Crippen MR) is 118 cm³/mol. The van der Waals surface area contributed by atoms with Crippen molar-refractivity contribution in [1.29, 1.82) is 0 Å². The monoisotopic (exact) mass is 524 g/mol. The molecule has 2 N–H and O–H groups in total. The number of phenols is 1. The maximum atomic E-state index is 14.4. The number of benzene rings is 2. The summed E-state index contributed by atoms with van der Waals surface area (Å²) in [6.07, 6.45) is -8.67. The fourth-order valence-corrected chi connectivity index (χ4v) is 5.19. The van der Waals surface area contributed by atoms with Gasteiger partial charge < -0.3 is 29.2 Å². The highest BCUT2D eigenvalue weighted by molar-refractivity contribution is 6.07. The molecule has 2 aromatic carbocycles. The van der Waals surface area contributed by atoms with Crippen molar-refractivity contribution >= 4 is 17.7 Å². The Kier molecular flexibility index (Phi) is 6.45. The van der Waals surface area contributed by atoms with Crippen molar-refractivity contribution in [3.05, 3.63) is 59.7 Å². The van der Waals surface area contributed by atoms with Gasteiger partial charge in [-0.2, -0.15) is 13.2 Å². The SMILES string of the molecule is COC(=O)[C@]1(O)[C@H](OC(=O)[C@](OC)(c2ccccc2)C(F)(F)F)[C@H](C)[C@H]2Oc3cccc(O)c3C(=O)[C@H]21. The van der Waals surface area contributed by atoms with Gasteiger partial charge in [0.25, 0.3) is 5.60 Å². The number of carbonyl (C=O) groups is 3. The molecule has 0 aromatic heterocycles. The van der Waals surface area contributed by atoms with Crippen LogP contribution in [0.4, 0.5) is 13.2 Å². The molecule has 0 spiro atoms. The number of halogens is 3. The Labute approximate surface area is 208 Å². The highest BCUT2D eigenvalue weighted by Gasteiger charge is 2.72. The maximum Gasteiger partial charge on any atom is 0.432 e. The molecular formula is C25H23F3O9. The molecule has 1 saturated carbocycles. The number of aromatic hydroxyl groups is 1. The second-order valence-corrected chi connectivity index (χ2v) is 8.83. The van der Waals surface area contributed by atoms with Crippen LogP contribution in [0.1, 0.15) is 22.8 Å². The summed E-state index contributed by atoms with van der Waals surface area (Å²) in [6, 6.07) is 9.91. The Balaban J connectivity index is 1.82. The normalized spacial score (nSPS) is 28.4. The molecule has 198 valence electrons. The van der Waals surface area contributed by atoms with Crippen LogP contribution >= 0.6 is 0 Å². The van der Waals surface area contributed by atoms with Gasteiger partial charge in [0.15, 0.2) is 5.78 Å².